The zero-order valence-corrected chi connectivity index (χ0v) is 25.6. The van der Waals surface area contributed by atoms with E-state index >= 15 is 4.39 Å². The molecular weight excluding hydrogens is 587 g/mol. The number of anilines is 2. The van der Waals surface area contributed by atoms with Gasteiger partial charge >= 0.3 is 0 Å². The van der Waals surface area contributed by atoms with E-state index in [1.807, 2.05) is 13.8 Å². The van der Waals surface area contributed by atoms with E-state index in [1.165, 1.54) is 24.4 Å². The molecule has 1 aromatic carbocycles. The SMILES string of the molecule is CC(C)NCCOc1ncc(-c2cc3c4c(cnc3cc2F)N(C)C(=O)C42CC(n3ccccc3=O)C2)cc1NS(C)(=O)=O. The number of sulfonamides is 1. The highest BCUT2D eigenvalue weighted by atomic mass is 32.2. The van der Waals surface area contributed by atoms with Crippen LogP contribution in [0.4, 0.5) is 15.8 Å². The second-order valence-corrected chi connectivity index (χ2v) is 13.5. The highest BCUT2D eigenvalue weighted by Gasteiger charge is 2.59. The summed E-state index contributed by atoms with van der Waals surface area (Å²) in [4.78, 5) is 36.6. The maximum Gasteiger partial charge on any atom is 0.250 e. The molecule has 11 nitrogen and oxygen atoms in total. The van der Waals surface area contributed by atoms with E-state index in [-0.39, 0.29) is 47.3 Å². The number of hydrogen-bond donors (Lipinski definition) is 2. The molecule has 0 saturated heterocycles. The fraction of sp³-hybridized carbons (Fsp3) is 0.355. The fourth-order valence-corrected chi connectivity index (χ4v) is 6.81. The van der Waals surface area contributed by atoms with Crippen molar-refractivity contribution in [2.75, 3.05) is 36.1 Å². The molecule has 3 aromatic heterocycles. The number of benzene rings is 1. The van der Waals surface area contributed by atoms with Crippen molar-refractivity contribution in [2.45, 2.75) is 44.2 Å². The number of rotatable bonds is 9. The number of fused-ring (bicyclic) bond motifs is 4. The number of pyridine rings is 3. The number of carbonyl (C=O) groups is 1. The molecule has 1 aliphatic heterocycles. The topological polar surface area (TPSA) is 136 Å². The normalized spacial score (nSPS) is 19.5. The molecule has 0 atom stereocenters. The van der Waals surface area contributed by atoms with Gasteiger partial charge in [0, 0.05) is 72.3 Å². The van der Waals surface area contributed by atoms with Crippen LogP contribution in [0.15, 0.2) is 59.8 Å². The smallest absolute Gasteiger partial charge is 0.250 e. The number of aromatic nitrogens is 3. The molecule has 1 saturated carbocycles. The maximum absolute atomic E-state index is 15.7. The van der Waals surface area contributed by atoms with Crippen molar-refractivity contribution in [2.24, 2.45) is 0 Å². The summed E-state index contributed by atoms with van der Waals surface area (Å²) in [7, 11) is -2.01. The zero-order valence-electron chi connectivity index (χ0n) is 24.8. The van der Waals surface area contributed by atoms with E-state index in [4.69, 9.17) is 4.74 Å². The first kappa shape index (κ1) is 29.7. The third-order valence-electron chi connectivity index (χ3n) is 8.25. The third-order valence-corrected chi connectivity index (χ3v) is 8.84. The lowest BCUT2D eigenvalue weighted by molar-refractivity contribution is -0.127. The quantitative estimate of drug-likeness (QED) is 0.271. The summed E-state index contributed by atoms with van der Waals surface area (Å²) >= 11 is 0. The van der Waals surface area contributed by atoms with Gasteiger partial charge in [0.1, 0.15) is 18.1 Å². The van der Waals surface area contributed by atoms with Crippen LogP contribution in [0.3, 0.4) is 0 Å². The van der Waals surface area contributed by atoms with Crippen molar-refractivity contribution in [3.63, 3.8) is 0 Å². The first-order valence-electron chi connectivity index (χ1n) is 14.3. The molecule has 230 valence electrons. The number of halogens is 1. The first-order chi connectivity index (χ1) is 20.9. The van der Waals surface area contributed by atoms with Crippen LogP contribution in [0, 0.1) is 5.82 Å². The van der Waals surface area contributed by atoms with Gasteiger partial charge in [-0.15, -0.1) is 0 Å². The Morgan fingerprint density at radius 3 is 2.61 bits per heavy atom. The van der Waals surface area contributed by atoms with Gasteiger partial charge in [0.25, 0.3) is 5.56 Å². The zero-order chi connectivity index (χ0) is 31.4. The molecule has 13 heteroatoms. The van der Waals surface area contributed by atoms with Crippen LogP contribution in [0.5, 0.6) is 5.88 Å². The van der Waals surface area contributed by atoms with Crippen molar-refractivity contribution >= 4 is 38.2 Å². The Morgan fingerprint density at radius 2 is 1.91 bits per heavy atom. The average Bonchev–Trinajstić information content (AvgIpc) is 3.16. The van der Waals surface area contributed by atoms with E-state index in [0.717, 1.165) is 11.8 Å². The molecule has 0 bridgehead atoms. The van der Waals surface area contributed by atoms with Crippen LogP contribution in [0.25, 0.3) is 22.0 Å². The van der Waals surface area contributed by atoms with Crippen LogP contribution in [0.1, 0.15) is 38.3 Å². The maximum atomic E-state index is 15.7. The molecular formula is C31H33FN6O5S. The van der Waals surface area contributed by atoms with Crippen molar-refractivity contribution in [1.82, 2.24) is 19.9 Å². The highest BCUT2D eigenvalue weighted by Crippen LogP contribution is 2.58. The molecule has 1 spiro atoms. The second kappa shape index (κ2) is 11.0. The molecule has 4 aromatic rings. The second-order valence-electron chi connectivity index (χ2n) is 11.7. The van der Waals surface area contributed by atoms with Gasteiger partial charge in [-0.2, -0.15) is 0 Å². The summed E-state index contributed by atoms with van der Waals surface area (Å²) in [6, 6.07) is 9.48. The summed E-state index contributed by atoms with van der Waals surface area (Å²) in [6.07, 6.45) is 6.58. The number of hydrogen-bond acceptors (Lipinski definition) is 8. The Kier molecular flexibility index (Phi) is 7.41. The van der Waals surface area contributed by atoms with Crippen molar-refractivity contribution in [3.8, 4) is 17.0 Å². The molecule has 4 heterocycles. The lowest BCUT2D eigenvalue weighted by Gasteiger charge is -2.44. The van der Waals surface area contributed by atoms with Crippen molar-refractivity contribution in [1.29, 1.82) is 0 Å². The number of ether oxygens (including phenoxy) is 1. The Balaban J connectivity index is 1.42. The van der Waals surface area contributed by atoms with Gasteiger partial charge in [0.05, 0.1) is 29.1 Å². The van der Waals surface area contributed by atoms with E-state index in [0.29, 0.717) is 41.5 Å². The predicted octanol–water partition coefficient (Wildman–Crippen LogP) is 3.60. The minimum Gasteiger partial charge on any atom is -0.475 e. The Hall–Kier alpha value is -4.36. The Morgan fingerprint density at radius 1 is 1.14 bits per heavy atom. The number of nitrogens with zero attached hydrogens (tertiary/aromatic N) is 4. The standard InChI is InChI=1S/C31H33FN6O5S/c1-18(2)33-8-10-43-29-25(36-44(4,41)42)11-19(16-35-29)21-12-22-24(13-23(21)32)34-17-26-28(22)31(30(40)37(26)3)14-20(15-31)38-9-6-5-7-27(38)39/h5-7,9,11-13,16-18,20,33,36H,8,10,14-15H2,1-4H3. The average molecular weight is 621 g/mol. The van der Waals surface area contributed by atoms with E-state index < -0.39 is 21.3 Å². The highest BCUT2D eigenvalue weighted by molar-refractivity contribution is 7.92. The van der Waals surface area contributed by atoms with E-state index in [1.54, 1.807) is 47.1 Å². The summed E-state index contributed by atoms with van der Waals surface area (Å²) in [5.41, 5.74) is 1.30. The van der Waals surface area contributed by atoms with Crippen LogP contribution in [-0.4, -0.2) is 61.4 Å². The summed E-state index contributed by atoms with van der Waals surface area (Å²) < 4.78 is 49.8. The van der Waals surface area contributed by atoms with Crippen LogP contribution < -0.4 is 25.2 Å². The lowest BCUT2D eigenvalue weighted by Crippen LogP contribution is -2.50. The van der Waals surface area contributed by atoms with Crippen LogP contribution in [0.2, 0.25) is 0 Å². The molecule has 2 N–H and O–H groups in total. The Labute approximate surface area is 254 Å². The number of nitrogens with one attached hydrogen (secondary N) is 2. The third kappa shape index (κ3) is 5.19. The van der Waals surface area contributed by atoms with Gasteiger partial charge in [-0.3, -0.25) is 19.3 Å². The molecule has 6 rings (SSSR count). The molecule has 0 radical (unpaired) electrons. The summed E-state index contributed by atoms with van der Waals surface area (Å²) in [5, 5.41) is 3.82. The van der Waals surface area contributed by atoms with Gasteiger partial charge in [-0.1, -0.05) is 19.9 Å². The number of carbonyl (C=O) groups excluding carboxylic acids is 1. The lowest BCUT2D eigenvalue weighted by atomic mass is 9.61. The fourth-order valence-electron chi connectivity index (χ4n) is 6.26. The summed E-state index contributed by atoms with van der Waals surface area (Å²) in [6.45, 7) is 4.75. The molecule has 1 aliphatic carbocycles. The molecule has 1 fully saturated rings. The minimum absolute atomic E-state index is 0.0660. The molecule has 2 aliphatic rings. The molecule has 0 unspecified atom stereocenters. The first-order valence-corrected chi connectivity index (χ1v) is 16.2. The van der Waals surface area contributed by atoms with Gasteiger partial charge in [-0.05, 0) is 31.0 Å². The van der Waals surface area contributed by atoms with E-state index in [2.05, 4.69) is 20.0 Å². The Bertz CT molecular complexity index is 1960. The van der Waals surface area contributed by atoms with Crippen LogP contribution in [-0.2, 0) is 20.2 Å². The number of likely N-dealkylation sites (N-methyl/N-ethyl adjacent to an activating group) is 1. The largest absolute Gasteiger partial charge is 0.475 e. The minimum atomic E-state index is -3.71. The van der Waals surface area contributed by atoms with E-state index in [9.17, 15) is 18.0 Å². The molecule has 44 heavy (non-hydrogen) atoms. The summed E-state index contributed by atoms with van der Waals surface area (Å²) in [5.74, 6) is -0.611. The monoisotopic (exact) mass is 620 g/mol. The predicted molar refractivity (Wildman–Crippen MR) is 166 cm³/mol. The van der Waals surface area contributed by atoms with Gasteiger partial charge in [0.2, 0.25) is 21.8 Å². The van der Waals surface area contributed by atoms with Gasteiger partial charge in [-0.25, -0.2) is 17.8 Å². The van der Waals surface area contributed by atoms with Crippen molar-refractivity contribution in [3.05, 3.63) is 76.7 Å². The van der Waals surface area contributed by atoms with Gasteiger partial charge in [0.15, 0.2) is 0 Å². The van der Waals surface area contributed by atoms with Crippen molar-refractivity contribution < 1.29 is 22.3 Å². The number of amides is 1. The molecule has 1 amide bonds. The van der Waals surface area contributed by atoms with Gasteiger partial charge < -0.3 is 19.5 Å². The van der Waals surface area contributed by atoms with Crippen LogP contribution >= 0.6 is 0 Å².